The molecule has 4 rings (SSSR count). The first-order valence-electron chi connectivity index (χ1n) is 9.44. The lowest BCUT2D eigenvalue weighted by Gasteiger charge is -2.52. The van der Waals surface area contributed by atoms with Gasteiger partial charge in [0, 0.05) is 0 Å². The Balaban J connectivity index is 1.65. The molecule has 2 saturated carbocycles. The van der Waals surface area contributed by atoms with E-state index in [0.717, 1.165) is 24.7 Å². The monoisotopic (exact) mass is 314 g/mol. The molecule has 1 aromatic rings. The van der Waals surface area contributed by atoms with Crippen molar-refractivity contribution in [1.29, 1.82) is 0 Å². The summed E-state index contributed by atoms with van der Waals surface area (Å²) in [6, 6.07) is 6.75. The van der Waals surface area contributed by atoms with Gasteiger partial charge < -0.3 is 9.84 Å². The summed E-state index contributed by atoms with van der Waals surface area (Å²) in [4.78, 5) is 0. The summed E-state index contributed by atoms with van der Waals surface area (Å²) in [5, 5.41) is 10.9. The fraction of sp³-hybridized carbons (Fsp3) is 0.714. The Hall–Kier alpha value is -1.02. The van der Waals surface area contributed by atoms with E-state index in [0.29, 0.717) is 11.8 Å². The average Bonchev–Trinajstić information content (AvgIpc) is 2.77. The number of aliphatic hydroxyl groups is 1. The minimum atomic E-state index is -0.470. The first kappa shape index (κ1) is 15.5. The van der Waals surface area contributed by atoms with Crippen LogP contribution in [0.1, 0.15) is 69.9 Å². The maximum Gasteiger partial charge on any atom is 0.119 e. The second kappa shape index (κ2) is 5.24. The number of fused-ring (bicyclic) bond motifs is 5. The number of benzene rings is 1. The lowest BCUT2D eigenvalue weighted by Crippen LogP contribution is -2.49. The van der Waals surface area contributed by atoms with Crippen LogP contribution in [0.4, 0.5) is 0 Å². The van der Waals surface area contributed by atoms with E-state index in [1.54, 1.807) is 5.56 Å². The topological polar surface area (TPSA) is 29.5 Å². The SMILES string of the molecule is CCOc1ccc2c(c1)CC[C@@H]1[C@@H]2CC[C@]2(C)[C@@H]1CC[C@@]2(C)O. The zero-order valence-electron chi connectivity index (χ0n) is 14.8. The normalized spacial score (nSPS) is 41.8. The zero-order chi connectivity index (χ0) is 16.2. The van der Waals surface area contributed by atoms with E-state index < -0.39 is 5.60 Å². The molecule has 2 heteroatoms. The van der Waals surface area contributed by atoms with Gasteiger partial charge in [-0.2, -0.15) is 0 Å². The Bertz CT molecular complexity index is 606. The molecule has 1 aromatic carbocycles. The minimum absolute atomic E-state index is 0.122. The molecule has 0 unspecified atom stereocenters. The molecule has 0 heterocycles. The molecule has 23 heavy (non-hydrogen) atoms. The Morgan fingerprint density at radius 1 is 1.17 bits per heavy atom. The summed E-state index contributed by atoms with van der Waals surface area (Å²) in [6.45, 7) is 7.22. The molecule has 1 N–H and O–H groups in total. The lowest BCUT2D eigenvalue weighted by atomic mass is 9.53. The third kappa shape index (κ3) is 2.17. The quantitative estimate of drug-likeness (QED) is 0.858. The van der Waals surface area contributed by atoms with Gasteiger partial charge in [0.25, 0.3) is 0 Å². The molecule has 126 valence electrons. The van der Waals surface area contributed by atoms with E-state index in [4.69, 9.17) is 4.74 Å². The van der Waals surface area contributed by atoms with Crippen molar-refractivity contribution in [3.63, 3.8) is 0 Å². The fourth-order valence-corrected chi connectivity index (χ4v) is 6.06. The number of hydrogen-bond acceptors (Lipinski definition) is 2. The fourth-order valence-electron chi connectivity index (χ4n) is 6.06. The zero-order valence-corrected chi connectivity index (χ0v) is 14.8. The Kier molecular flexibility index (Phi) is 3.53. The molecule has 0 amide bonds. The highest BCUT2D eigenvalue weighted by atomic mass is 16.5. The largest absolute Gasteiger partial charge is 0.494 e. The van der Waals surface area contributed by atoms with Crippen molar-refractivity contribution in [2.45, 2.75) is 70.8 Å². The van der Waals surface area contributed by atoms with Crippen LogP contribution in [0, 0.1) is 17.3 Å². The van der Waals surface area contributed by atoms with Crippen LogP contribution in [-0.2, 0) is 6.42 Å². The van der Waals surface area contributed by atoms with Crippen LogP contribution in [0.3, 0.4) is 0 Å². The second-order valence-corrected chi connectivity index (χ2v) is 8.48. The number of rotatable bonds is 2. The van der Waals surface area contributed by atoms with E-state index in [-0.39, 0.29) is 5.41 Å². The molecule has 2 fully saturated rings. The summed E-state index contributed by atoms with van der Waals surface area (Å²) in [7, 11) is 0. The standard InChI is InChI=1S/C21H30O2/c1-4-23-15-6-8-16-14(13-15)5-7-18-17(16)9-11-20(2)19(18)10-12-21(20,3)22/h6,8,13,17-19,22H,4-5,7,9-12H2,1-3H3/t17-,18-,19-,20-,21-/m1/s1. The van der Waals surface area contributed by atoms with Gasteiger partial charge in [-0.3, -0.25) is 0 Å². The van der Waals surface area contributed by atoms with E-state index >= 15 is 0 Å². The molecule has 0 bridgehead atoms. The first-order chi connectivity index (χ1) is 11.0. The van der Waals surface area contributed by atoms with Gasteiger partial charge in [-0.1, -0.05) is 13.0 Å². The van der Waals surface area contributed by atoms with Crippen LogP contribution < -0.4 is 4.74 Å². The van der Waals surface area contributed by atoms with Crippen molar-refractivity contribution in [2.24, 2.45) is 17.3 Å². The Morgan fingerprint density at radius 3 is 2.78 bits per heavy atom. The summed E-state index contributed by atoms with van der Waals surface area (Å²) >= 11 is 0. The third-order valence-electron chi connectivity index (χ3n) is 7.57. The molecule has 2 nitrogen and oxygen atoms in total. The van der Waals surface area contributed by atoms with Crippen LogP contribution in [-0.4, -0.2) is 17.3 Å². The number of ether oxygens (including phenoxy) is 1. The summed E-state index contributed by atoms with van der Waals surface area (Å²) in [5.74, 6) is 3.17. The van der Waals surface area contributed by atoms with E-state index in [1.165, 1.54) is 37.7 Å². The molecular formula is C21H30O2. The van der Waals surface area contributed by atoms with Gasteiger partial charge in [0.15, 0.2) is 0 Å². The van der Waals surface area contributed by atoms with E-state index in [2.05, 4.69) is 32.0 Å². The van der Waals surface area contributed by atoms with Crippen LogP contribution in [0.5, 0.6) is 5.75 Å². The summed E-state index contributed by atoms with van der Waals surface area (Å²) < 4.78 is 5.69. The molecule has 3 aliphatic carbocycles. The smallest absolute Gasteiger partial charge is 0.119 e. The van der Waals surface area contributed by atoms with E-state index in [1.807, 2.05) is 6.92 Å². The maximum atomic E-state index is 10.9. The predicted octanol–water partition coefficient (Wildman–Crippen LogP) is 4.69. The van der Waals surface area contributed by atoms with Gasteiger partial charge in [0.2, 0.25) is 0 Å². The van der Waals surface area contributed by atoms with Crippen LogP contribution in [0.15, 0.2) is 18.2 Å². The van der Waals surface area contributed by atoms with E-state index in [9.17, 15) is 5.11 Å². The predicted molar refractivity (Wildman–Crippen MR) is 92.9 cm³/mol. The third-order valence-corrected chi connectivity index (χ3v) is 7.57. The highest BCUT2D eigenvalue weighted by molar-refractivity contribution is 5.40. The maximum absolute atomic E-state index is 10.9. The van der Waals surface area contributed by atoms with Gasteiger partial charge in [0.1, 0.15) is 5.75 Å². The highest BCUT2D eigenvalue weighted by Crippen LogP contribution is 2.64. The average molecular weight is 314 g/mol. The van der Waals surface area contributed by atoms with Crippen molar-refractivity contribution >= 4 is 0 Å². The van der Waals surface area contributed by atoms with Gasteiger partial charge in [-0.15, -0.1) is 0 Å². The van der Waals surface area contributed by atoms with Crippen LogP contribution in [0.2, 0.25) is 0 Å². The Morgan fingerprint density at radius 2 is 2.00 bits per heavy atom. The summed E-state index contributed by atoms with van der Waals surface area (Å²) in [6.07, 6.45) is 7.04. The highest BCUT2D eigenvalue weighted by Gasteiger charge is 2.59. The molecule has 3 aliphatic rings. The molecule has 0 spiro atoms. The Labute approximate surface area is 140 Å². The van der Waals surface area contributed by atoms with Crippen molar-refractivity contribution in [2.75, 3.05) is 6.61 Å². The van der Waals surface area contributed by atoms with Gasteiger partial charge in [-0.05, 0) is 98.8 Å². The minimum Gasteiger partial charge on any atom is -0.494 e. The van der Waals surface area contributed by atoms with Crippen molar-refractivity contribution in [3.8, 4) is 5.75 Å². The molecule has 0 aromatic heterocycles. The molecule has 0 aliphatic heterocycles. The van der Waals surface area contributed by atoms with Crippen LogP contribution >= 0.6 is 0 Å². The first-order valence-corrected chi connectivity index (χ1v) is 9.44. The molecule has 0 saturated heterocycles. The summed E-state index contributed by atoms with van der Waals surface area (Å²) in [5.41, 5.74) is 2.72. The van der Waals surface area contributed by atoms with Gasteiger partial charge >= 0.3 is 0 Å². The van der Waals surface area contributed by atoms with Gasteiger partial charge in [-0.25, -0.2) is 0 Å². The second-order valence-electron chi connectivity index (χ2n) is 8.48. The van der Waals surface area contributed by atoms with Gasteiger partial charge in [0.05, 0.1) is 12.2 Å². The molecular weight excluding hydrogens is 284 g/mol. The van der Waals surface area contributed by atoms with Crippen LogP contribution in [0.25, 0.3) is 0 Å². The lowest BCUT2D eigenvalue weighted by molar-refractivity contribution is -0.0901. The molecule has 5 atom stereocenters. The van der Waals surface area contributed by atoms with Crippen molar-refractivity contribution < 1.29 is 9.84 Å². The van der Waals surface area contributed by atoms with Crippen molar-refractivity contribution in [3.05, 3.63) is 29.3 Å². The molecule has 0 radical (unpaired) electrons. The number of aryl methyl sites for hydroxylation is 1. The number of hydrogen-bond donors (Lipinski definition) is 1. The van der Waals surface area contributed by atoms with Crippen molar-refractivity contribution in [1.82, 2.24) is 0 Å².